The number of aromatic nitrogens is 6. The Hall–Kier alpha value is -2.43. The molecule has 2 fully saturated rings. The molecule has 0 aromatic carbocycles. The van der Waals surface area contributed by atoms with Gasteiger partial charge in [0.25, 0.3) is 0 Å². The normalized spacial score (nSPS) is 23.7. The molecule has 4 aromatic rings. The smallest absolute Gasteiger partial charge is 0.188 e. The van der Waals surface area contributed by atoms with Gasteiger partial charge in [-0.05, 0) is 37.8 Å². The van der Waals surface area contributed by atoms with Gasteiger partial charge in [0, 0.05) is 36.9 Å². The quantitative estimate of drug-likeness (QED) is 0.519. The first-order valence-corrected chi connectivity index (χ1v) is 11.5. The van der Waals surface area contributed by atoms with Crippen LogP contribution in [-0.4, -0.2) is 55.5 Å². The monoisotopic (exact) mass is 424 g/mol. The first kappa shape index (κ1) is 17.4. The van der Waals surface area contributed by atoms with Crippen molar-refractivity contribution in [2.75, 3.05) is 11.9 Å². The minimum absolute atomic E-state index is 0.565. The summed E-state index contributed by atoms with van der Waals surface area (Å²) >= 11 is 3.25. The molecule has 2 bridgehead atoms. The lowest BCUT2D eigenvalue weighted by molar-refractivity contribution is 0.354. The van der Waals surface area contributed by atoms with E-state index in [1.807, 2.05) is 12.1 Å². The third-order valence-corrected chi connectivity index (χ3v) is 8.08. The Morgan fingerprint density at radius 2 is 1.76 bits per heavy atom. The van der Waals surface area contributed by atoms with Gasteiger partial charge in [-0.15, -0.1) is 10.2 Å². The SMILES string of the molecule is CN(c1nc2sc(-c3ccc(-c4cn[nH]c4)nn3)nc2s1)[C@@H]1C[C@H]2CC[C@@H](C1)N2. The topological polar surface area (TPSA) is 95.5 Å². The first-order valence-electron chi connectivity index (χ1n) is 9.82. The second-order valence-electron chi connectivity index (χ2n) is 7.79. The zero-order valence-corrected chi connectivity index (χ0v) is 17.5. The van der Waals surface area contributed by atoms with Crippen LogP contribution in [0, 0.1) is 0 Å². The summed E-state index contributed by atoms with van der Waals surface area (Å²) in [6, 6.07) is 5.82. The number of nitrogens with zero attached hydrogens (tertiary/aromatic N) is 6. The van der Waals surface area contributed by atoms with Crippen molar-refractivity contribution in [3.8, 4) is 22.0 Å². The lowest BCUT2D eigenvalue weighted by Gasteiger charge is -2.35. The van der Waals surface area contributed by atoms with Gasteiger partial charge in [-0.25, -0.2) is 9.97 Å². The number of hydrogen-bond acceptors (Lipinski definition) is 9. The minimum Gasteiger partial charge on any atom is -0.348 e. The van der Waals surface area contributed by atoms with Gasteiger partial charge in [0.1, 0.15) is 10.7 Å². The Labute approximate surface area is 175 Å². The highest BCUT2D eigenvalue weighted by Crippen LogP contribution is 2.38. The molecule has 2 saturated heterocycles. The predicted octanol–water partition coefficient (Wildman–Crippen LogP) is 3.32. The van der Waals surface area contributed by atoms with Crippen LogP contribution in [-0.2, 0) is 0 Å². The molecule has 0 spiro atoms. The Morgan fingerprint density at radius 3 is 2.45 bits per heavy atom. The van der Waals surface area contributed by atoms with Crippen molar-refractivity contribution in [1.29, 1.82) is 0 Å². The fraction of sp³-hybridized carbons (Fsp3) is 0.421. The molecule has 2 aliphatic heterocycles. The molecule has 6 rings (SSSR count). The highest BCUT2D eigenvalue weighted by molar-refractivity contribution is 7.29. The van der Waals surface area contributed by atoms with Crippen LogP contribution >= 0.6 is 22.7 Å². The van der Waals surface area contributed by atoms with Crippen LogP contribution in [0.15, 0.2) is 24.5 Å². The Morgan fingerprint density at radius 1 is 1.00 bits per heavy atom. The number of anilines is 1. The van der Waals surface area contributed by atoms with Gasteiger partial charge in [-0.1, -0.05) is 22.7 Å². The van der Waals surface area contributed by atoms with E-state index in [9.17, 15) is 0 Å². The minimum atomic E-state index is 0.565. The largest absolute Gasteiger partial charge is 0.348 e. The lowest BCUT2D eigenvalue weighted by atomic mass is 9.99. The predicted molar refractivity (Wildman–Crippen MR) is 115 cm³/mol. The summed E-state index contributed by atoms with van der Waals surface area (Å²) in [5.41, 5.74) is 2.49. The van der Waals surface area contributed by atoms with Gasteiger partial charge in [0.05, 0.1) is 11.9 Å². The summed E-state index contributed by atoms with van der Waals surface area (Å²) in [6.45, 7) is 0. The molecule has 8 nitrogen and oxygen atoms in total. The zero-order valence-electron chi connectivity index (χ0n) is 15.9. The van der Waals surface area contributed by atoms with Crippen molar-refractivity contribution in [1.82, 2.24) is 35.7 Å². The first-order chi connectivity index (χ1) is 14.2. The molecular formula is C19H20N8S2. The molecule has 0 amide bonds. The Balaban J connectivity index is 1.23. The second-order valence-corrected chi connectivity index (χ2v) is 9.72. The summed E-state index contributed by atoms with van der Waals surface area (Å²) in [5, 5.41) is 21.0. The lowest BCUT2D eigenvalue weighted by Crippen LogP contribution is -2.47. The molecule has 2 aliphatic rings. The number of thiazole rings is 2. The maximum Gasteiger partial charge on any atom is 0.188 e. The molecule has 0 unspecified atom stereocenters. The number of nitrogens with one attached hydrogen (secondary N) is 2. The van der Waals surface area contributed by atoms with E-state index < -0.39 is 0 Å². The summed E-state index contributed by atoms with van der Waals surface area (Å²) in [6.07, 6.45) is 8.58. The average Bonchev–Trinajstić information content (AvgIpc) is 3.51. The number of piperidine rings is 1. The highest BCUT2D eigenvalue weighted by atomic mass is 32.1. The van der Waals surface area contributed by atoms with E-state index in [1.165, 1.54) is 25.7 Å². The van der Waals surface area contributed by atoms with Gasteiger partial charge < -0.3 is 10.2 Å². The van der Waals surface area contributed by atoms with Crippen LogP contribution in [0.25, 0.3) is 31.6 Å². The number of hydrogen-bond donors (Lipinski definition) is 2. The van der Waals surface area contributed by atoms with E-state index in [4.69, 9.17) is 9.97 Å². The van der Waals surface area contributed by atoms with Crippen LogP contribution < -0.4 is 10.2 Å². The van der Waals surface area contributed by atoms with Crippen LogP contribution in [0.5, 0.6) is 0 Å². The maximum absolute atomic E-state index is 4.88. The van der Waals surface area contributed by atoms with E-state index >= 15 is 0 Å². The van der Waals surface area contributed by atoms with E-state index in [-0.39, 0.29) is 0 Å². The molecule has 148 valence electrons. The van der Waals surface area contributed by atoms with Gasteiger partial charge in [-0.3, -0.25) is 5.10 Å². The van der Waals surface area contributed by atoms with Gasteiger partial charge >= 0.3 is 0 Å². The van der Waals surface area contributed by atoms with E-state index in [0.717, 1.165) is 36.8 Å². The van der Waals surface area contributed by atoms with E-state index in [2.05, 4.69) is 37.7 Å². The third kappa shape index (κ3) is 3.11. The van der Waals surface area contributed by atoms with Crippen LogP contribution in [0.1, 0.15) is 25.7 Å². The number of H-pyrrole nitrogens is 1. The van der Waals surface area contributed by atoms with Crippen molar-refractivity contribution in [3.63, 3.8) is 0 Å². The molecule has 0 saturated carbocycles. The van der Waals surface area contributed by atoms with Crippen LogP contribution in [0.3, 0.4) is 0 Å². The zero-order chi connectivity index (χ0) is 19.4. The molecule has 10 heteroatoms. The molecule has 2 N–H and O–H groups in total. The van der Waals surface area contributed by atoms with Gasteiger partial charge in [0.2, 0.25) is 0 Å². The van der Waals surface area contributed by atoms with Crippen molar-refractivity contribution >= 4 is 37.5 Å². The van der Waals surface area contributed by atoms with E-state index in [0.29, 0.717) is 18.1 Å². The molecule has 29 heavy (non-hydrogen) atoms. The van der Waals surface area contributed by atoms with Crippen molar-refractivity contribution < 1.29 is 0 Å². The molecule has 0 radical (unpaired) electrons. The molecule has 0 aliphatic carbocycles. The molecular weight excluding hydrogens is 404 g/mol. The van der Waals surface area contributed by atoms with E-state index in [1.54, 1.807) is 35.1 Å². The Bertz CT molecular complexity index is 1090. The third-order valence-electron chi connectivity index (χ3n) is 5.94. The molecule has 4 aromatic heterocycles. The summed E-state index contributed by atoms with van der Waals surface area (Å²) in [5.74, 6) is 0. The maximum atomic E-state index is 4.88. The number of fused-ring (bicyclic) bond motifs is 3. The second kappa shape index (κ2) is 6.82. The number of rotatable bonds is 4. The fourth-order valence-corrected chi connectivity index (χ4v) is 6.42. The average molecular weight is 425 g/mol. The number of aromatic amines is 1. The molecule has 3 atom stereocenters. The highest BCUT2D eigenvalue weighted by Gasteiger charge is 2.36. The van der Waals surface area contributed by atoms with Crippen LogP contribution in [0.2, 0.25) is 0 Å². The van der Waals surface area contributed by atoms with Crippen molar-refractivity contribution in [2.24, 2.45) is 0 Å². The fourth-order valence-electron chi connectivity index (χ4n) is 4.38. The summed E-state index contributed by atoms with van der Waals surface area (Å²) < 4.78 is 0. The summed E-state index contributed by atoms with van der Waals surface area (Å²) in [7, 11) is 2.18. The standard InChI is InChI=1S/C19H20N8S2/c1-27(13-6-11-2-3-12(7-13)22-11)19-24-18-17(29-19)23-16(28-18)15-5-4-14(25-26-15)10-8-20-21-9-10/h4-5,8-9,11-13,22H,2-3,6-7H2,1H3,(H,20,21)/t11-,12+,13-. The van der Waals surface area contributed by atoms with Gasteiger partial charge in [-0.2, -0.15) is 5.10 Å². The Kier molecular flexibility index (Phi) is 4.10. The molecule has 6 heterocycles. The van der Waals surface area contributed by atoms with Gasteiger partial charge in [0.15, 0.2) is 14.8 Å². The summed E-state index contributed by atoms with van der Waals surface area (Å²) in [4.78, 5) is 14.0. The van der Waals surface area contributed by atoms with Crippen LogP contribution in [0.4, 0.5) is 5.13 Å². The van der Waals surface area contributed by atoms with Crippen molar-refractivity contribution in [2.45, 2.75) is 43.8 Å². The van der Waals surface area contributed by atoms with Crippen molar-refractivity contribution in [3.05, 3.63) is 24.5 Å².